The van der Waals surface area contributed by atoms with Crippen molar-refractivity contribution in [2.75, 3.05) is 5.32 Å². The molecule has 2 aromatic carbocycles. The van der Waals surface area contributed by atoms with Gasteiger partial charge in [-0.3, -0.25) is 0 Å². The Bertz CT molecular complexity index is 1340. The smallest absolute Gasteiger partial charge is 0.162 e. The number of hydrogen-bond donors (Lipinski definition) is 2. The van der Waals surface area contributed by atoms with Crippen LogP contribution in [0.3, 0.4) is 0 Å². The first-order chi connectivity index (χ1) is 14.1. The average Bonchev–Trinajstić information content (AvgIpc) is 3.32. The summed E-state index contributed by atoms with van der Waals surface area (Å²) in [5.41, 5.74) is 3.69. The lowest BCUT2D eigenvalue weighted by Gasteiger charge is -2.19. The summed E-state index contributed by atoms with van der Waals surface area (Å²) in [6, 6.07) is 14.0. The highest BCUT2D eigenvalue weighted by Crippen LogP contribution is 2.38. The molecule has 3 aromatic heterocycles. The van der Waals surface area contributed by atoms with Gasteiger partial charge in [0.2, 0.25) is 0 Å². The Morgan fingerprint density at radius 1 is 1.10 bits per heavy atom. The molecule has 0 fully saturated rings. The van der Waals surface area contributed by atoms with Gasteiger partial charge in [0.15, 0.2) is 11.5 Å². The van der Waals surface area contributed by atoms with E-state index < -0.39 is 0 Å². The van der Waals surface area contributed by atoms with Crippen molar-refractivity contribution in [1.29, 1.82) is 0 Å². The van der Waals surface area contributed by atoms with Crippen molar-refractivity contribution in [3.63, 3.8) is 0 Å². The van der Waals surface area contributed by atoms with Gasteiger partial charge in [-0.2, -0.15) is 0 Å². The SMILES string of the molecule is CC(Nc1ncnc2[nH]cnc12)c1c(Cl)c2ccccc2n1-c1cccc(F)c1. The lowest BCUT2D eigenvalue weighted by molar-refractivity contribution is 0.626. The van der Waals surface area contributed by atoms with Crippen LogP contribution in [0, 0.1) is 5.82 Å². The van der Waals surface area contributed by atoms with Gasteiger partial charge in [-0.15, -0.1) is 0 Å². The Morgan fingerprint density at radius 3 is 2.83 bits per heavy atom. The number of hydrogen-bond acceptors (Lipinski definition) is 4. The number of H-pyrrole nitrogens is 1. The molecule has 5 aromatic rings. The van der Waals surface area contributed by atoms with Crippen LogP contribution in [0.5, 0.6) is 0 Å². The monoisotopic (exact) mass is 406 g/mol. The fraction of sp³-hybridized carbons (Fsp3) is 0.0952. The van der Waals surface area contributed by atoms with Gasteiger partial charge < -0.3 is 14.9 Å². The van der Waals surface area contributed by atoms with Gasteiger partial charge in [0, 0.05) is 11.1 Å². The van der Waals surface area contributed by atoms with Crippen LogP contribution in [0.25, 0.3) is 27.8 Å². The van der Waals surface area contributed by atoms with E-state index >= 15 is 0 Å². The van der Waals surface area contributed by atoms with Gasteiger partial charge >= 0.3 is 0 Å². The third-order valence-electron chi connectivity index (χ3n) is 4.89. The third kappa shape index (κ3) is 2.91. The van der Waals surface area contributed by atoms with Gasteiger partial charge in [-0.05, 0) is 31.2 Å². The van der Waals surface area contributed by atoms with E-state index in [9.17, 15) is 4.39 Å². The van der Waals surface area contributed by atoms with Crippen molar-refractivity contribution in [2.45, 2.75) is 13.0 Å². The molecule has 0 bridgehead atoms. The molecule has 8 heteroatoms. The van der Waals surface area contributed by atoms with Gasteiger partial charge in [-0.25, -0.2) is 19.3 Å². The van der Waals surface area contributed by atoms with Crippen molar-refractivity contribution in [3.05, 3.63) is 77.7 Å². The van der Waals surface area contributed by atoms with E-state index in [4.69, 9.17) is 11.6 Å². The molecule has 29 heavy (non-hydrogen) atoms. The van der Waals surface area contributed by atoms with Gasteiger partial charge in [0.1, 0.15) is 17.7 Å². The second-order valence-corrected chi connectivity index (χ2v) is 7.10. The van der Waals surface area contributed by atoms with Crippen LogP contribution >= 0.6 is 11.6 Å². The highest BCUT2D eigenvalue weighted by molar-refractivity contribution is 6.36. The lowest BCUT2D eigenvalue weighted by Crippen LogP contribution is -2.13. The molecule has 0 spiro atoms. The Labute approximate surface area is 170 Å². The summed E-state index contributed by atoms with van der Waals surface area (Å²) >= 11 is 6.80. The van der Waals surface area contributed by atoms with Gasteiger partial charge in [0.25, 0.3) is 0 Å². The van der Waals surface area contributed by atoms with Crippen LogP contribution < -0.4 is 5.32 Å². The summed E-state index contributed by atoms with van der Waals surface area (Å²) in [4.78, 5) is 15.8. The zero-order valence-electron chi connectivity index (χ0n) is 15.4. The lowest BCUT2D eigenvalue weighted by atomic mass is 10.2. The number of fused-ring (bicyclic) bond motifs is 2. The van der Waals surface area contributed by atoms with E-state index in [2.05, 4.69) is 25.3 Å². The zero-order valence-corrected chi connectivity index (χ0v) is 16.2. The molecular weight excluding hydrogens is 391 g/mol. The number of anilines is 1. The Hall–Kier alpha value is -3.45. The van der Waals surface area contributed by atoms with Crippen molar-refractivity contribution in [2.24, 2.45) is 0 Å². The summed E-state index contributed by atoms with van der Waals surface area (Å²) in [7, 11) is 0. The molecule has 0 aliphatic rings. The minimum Gasteiger partial charge on any atom is -0.360 e. The number of aromatic nitrogens is 5. The zero-order chi connectivity index (χ0) is 20.0. The number of nitrogens with one attached hydrogen (secondary N) is 2. The molecule has 0 saturated carbocycles. The van der Waals surface area contributed by atoms with Crippen molar-refractivity contribution < 1.29 is 4.39 Å². The van der Waals surface area contributed by atoms with Gasteiger partial charge in [-0.1, -0.05) is 35.9 Å². The molecular formula is C21H16ClFN6. The first kappa shape index (κ1) is 17.6. The third-order valence-corrected chi connectivity index (χ3v) is 5.29. The topological polar surface area (TPSA) is 71.4 Å². The van der Waals surface area contributed by atoms with E-state index in [1.165, 1.54) is 18.5 Å². The predicted octanol–water partition coefficient (Wildman–Crippen LogP) is 5.26. The van der Waals surface area contributed by atoms with E-state index in [1.807, 2.05) is 41.8 Å². The fourth-order valence-corrected chi connectivity index (χ4v) is 4.05. The van der Waals surface area contributed by atoms with Crippen molar-refractivity contribution >= 4 is 39.5 Å². The van der Waals surface area contributed by atoms with E-state index in [0.717, 1.165) is 16.6 Å². The Balaban J connectivity index is 1.69. The molecule has 144 valence electrons. The highest BCUT2D eigenvalue weighted by Gasteiger charge is 2.23. The number of rotatable bonds is 4. The molecule has 2 N–H and O–H groups in total. The Kier molecular flexibility index (Phi) is 4.17. The van der Waals surface area contributed by atoms with Crippen LogP contribution in [-0.4, -0.2) is 24.5 Å². The summed E-state index contributed by atoms with van der Waals surface area (Å²) in [6.45, 7) is 1.98. The minimum atomic E-state index is -0.308. The molecule has 0 aliphatic heterocycles. The van der Waals surface area contributed by atoms with E-state index in [0.29, 0.717) is 27.7 Å². The standard InChI is InChI=1S/C21H16ClFN6/c1-12(28-21-18-20(25-10-24-18)26-11-27-21)19-17(22)15-7-2-3-8-16(15)29(19)14-6-4-5-13(23)9-14/h2-12H,1H3,(H2,24,25,26,27,28). The summed E-state index contributed by atoms with van der Waals surface area (Å²) in [6.07, 6.45) is 3.05. The number of nitrogens with zero attached hydrogens (tertiary/aromatic N) is 4. The predicted molar refractivity (Wildman–Crippen MR) is 112 cm³/mol. The molecule has 3 heterocycles. The van der Waals surface area contributed by atoms with E-state index in [1.54, 1.807) is 12.4 Å². The van der Waals surface area contributed by atoms with Crippen LogP contribution in [0.4, 0.5) is 10.2 Å². The highest BCUT2D eigenvalue weighted by atomic mass is 35.5. The maximum Gasteiger partial charge on any atom is 0.162 e. The van der Waals surface area contributed by atoms with Crippen LogP contribution in [-0.2, 0) is 0 Å². The molecule has 5 rings (SSSR count). The number of benzene rings is 2. The number of halogens is 2. The number of aromatic amines is 1. The van der Waals surface area contributed by atoms with E-state index in [-0.39, 0.29) is 11.9 Å². The number of para-hydroxylation sites is 1. The first-order valence-electron chi connectivity index (χ1n) is 9.09. The first-order valence-corrected chi connectivity index (χ1v) is 9.46. The molecule has 6 nitrogen and oxygen atoms in total. The second kappa shape index (κ2) is 6.86. The normalized spacial score (nSPS) is 12.5. The summed E-state index contributed by atoms with van der Waals surface area (Å²) in [5, 5.41) is 4.89. The van der Waals surface area contributed by atoms with Crippen molar-refractivity contribution in [3.8, 4) is 5.69 Å². The van der Waals surface area contributed by atoms with Crippen molar-refractivity contribution in [1.82, 2.24) is 24.5 Å². The average molecular weight is 407 g/mol. The van der Waals surface area contributed by atoms with Crippen LogP contribution in [0.2, 0.25) is 5.02 Å². The minimum absolute atomic E-state index is 0.243. The Morgan fingerprint density at radius 2 is 1.97 bits per heavy atom. The molecule has 0 radical (unpaired) electrons. The summed E-state index contributed by atoms with van der Waals surface area (Å²) < 4.78 is 16.0. The van der Waals surface area contributed by atoms with Gasteiger partial charge in [0.05, 0.1) is 28.6 Å². The maximum atomic E-state index is 14.0. The number of imidazole rings is 1. The van der Waals surface area contributed by atoms with Crippen LogP contribution in [0.1, 0.15) is 18.7 Å². The van der Waals surface area contributed by atoms with Crippen LogP contribution in [0.15, 0.2) is 61.2 Å². The second-order valence-electron chi connectivity index (χ2n) is 6.72. The molecule has 1 unspecified atom stereocenters. The fourth-order valence-electron chi connectivity index (χ4n) is 3.64. The maximum absolute atomic E-state index is 14.0. The largest absolute Gasteiger partial charge is 0.360 e. The molecule has 0 aliphatic carbocycles. The molecule has 0 saturated heterocycles. The molecule has 0 amide bonds. The molecule has 1 atom stereocenters. The quantitative estimate of drug-likeness (QED) is 0.427. The summed E-state index contributed by atoms with van der Waals surface area (Å²) in [5.74, 6) is 0.285.